The Morgan fingerprint density at radius 3 is 2.22 bits per heavy atom. The Hall–Kier alpha value is 0.350. The smallest absolute Gasteiger partial charge is 0.0922 e. The minimum Gasteiger partial charge on any atom is -0.112 e. The molecule has 1 radical (unpaired) electrons. The van der Waals surface area contributed by atoms with Crippen molar-refractivity contribution in [1.29, 1.82) is 0 Å². The van der Waals surface area contributed by atoms with Crippen molar-refractivity contribution < 1.29 is 0 Å². The summed E-state index contributed by atoms with van der Waals surface area (Å²) in [6.45, 7) is 0. The van der Waals surface area contributed by atoms with Crippen LogP contribution in [0.5, 0.6) is 0 Å². The standard InChI is InChI=1S/C6H4Cl3/c7-4-1-5(8)3-6(9)2-4/h1-2H,3H2. The third kappa shape index (κ3) is 2.21. The van der Waals surface area contributed by atoms with Gasteiger partial charge < -0.3 is 0 Å². The quantitative estimate of drug-likeness (QED) is 0.539. The summed E-state index contributed by atoms with van der Waals surface area (Å²) in [5.74, 6) is 0. The molecule has 0 fully saturated rings. The molecular formula is C6H4Cl3. The zero-order valence-corrected chi connectivity index (χ0v) is 6.76. The van der Waals surface area contributed by atoms with Gasteiger partial charge in [0.1, 0.15) is 0 Å². The van der Waals surface area contributed by atoms with E-state index in [9.17, 15) is 0 Å². The molecule has 0 unspecified atom stereocenters. The van der Waals surface area contributed by atoms with E-state index in [2.05, 4.69) is 0 Å². The average molecular weight is 182 g/mol. The second kappa shape index (κ2) is 2.96. The van der Waals surface area contributed by atoms with Crippen LogP contribution in [0.4, 0.5) is 0 Å². The lowest BCUT2D eigenvalue weighted by Crippen LogP contribution is -1.89. The highest BCUT2D eigenvalue weighted by Crippen LogP contribution is 2.30. The Bertz CT molecular complexity index is 169. The van der Waals surface area contributed by atoms with Crippen molar-refractivity contribution in [1.82, 2.24) is 0 Å². The van der Waals surface area contributed by atoms with Gasteiger partial charge in [-0.1, -0.05) is 23.2 Å². The van der Waals surface area contributed by atoms with E-state index in [0.717, 1.165) is 0 Å². The van der Waals surface area contributed by atoms with Crippen LogP contribution in [-0.4, -0.2) is 0 Å². The largest absolute Gasteiger partial charge is 0.112 e. The van der Waals surface area contributed by atoms with Gasteiger partial charge >= 0.3 is 0 Å². The number of halogens is 3. The van der Waals surface area contributed by atoms with Crippen molar-refractivity contribution in [3.63, 3.8) is 0 Å². The molecule has 0 nitrogen and oxygen atoms in total. The monoisotopic (exact) mass is 181 g/mol. The molecule has 3 heteroatoms. The summed E-state index contributed by atoms with van der Waals surface area (Å²) in [7, 11) is 0. The maximum atomic E-state index is 5.64. The van der Waals surface area contributed by atoms with E-state index in [1.54, 1.807) is 12.2 Å². The molecule has 0 spiro atoms. The third-order valence-electron chi connectivity index (χ3n) is 0.927. The molecule has 0 N–H and O–H groups in total. The van der Waals surface area contributed by atoms with Gasteiger partial charge in [0.05, 0.1) is 5.38 Å². The average Bonchev–Trinajstić information content (AvgIpc) is 1.59. The van der Waals surface area contributed by atoms with Crippen LogP contribution in [0.3, 0.4) is 0 Å². The van der Waals surface area contributed by atoms with Crippen molar-refractivity contribution in [3.05, 3.63) is 27.6 Å². The highest BCUT2D eigenvalue weighted by molar-refractivity contribution is 6.38. The van der Waals surface area contributed by atoms with Crippen molar-refractivity contribution in [2.45, 2.75) is 6.42 Å². The molecule has 0 bridgehead atoms. The molecule has 0 aliphatic heterocycles. The third-order valence-corrected chi connectivity index (χ3v) is 1.63. The second-order valence-electron chi connectivity index (χ2n) is 1.74. The van der Waals surface area contributed by atoms with E-state index in [0.29, 0.717) is 21.9 Å². The van der Waals surface area contributed by atoms with Crippen molar-refractivity contribution in [2.75, 3.05) is 0 Å². The zero-order chi connectivity index (χ0) is 6.85. The summed E-state index contributed by atoms with van der Waals surface area (Å²) in [6.07, 6.45) is 3.99. The van der Waals surface area contributed by atoms with E-state index < -0.39 is 0 Å². The van der Waals surface area contributed by atoms with E-state index in [1.807, 2.05) is 0 Å². The summed E-state index contributed by atoms with van der Waals surface area (Å²) in [6, 6.07) is 0. The number of hydrogen-bond acceptors (Lipinski definition) is 0. The molecule has 0 saturated carbocycles. The molecule has 0 amide bonds. The van der Waals surface area contributed by atoms with E-state index in [1.165, 1.54) is 0 Å². The Morgan fingerprint density at radius 2 is 1.78 bits per heavy atom. The van der Waals surface area contributed by atoms with E-state index in [4.69, 9.17) is 34.8 Å². The first-order valence-corrected chi connectivity index (χ1v) is 3.56. The van der Waals surface area contributed by atoms with Crippen LogP contribution < -0.4 is 0 Å². The van der Waals surface area contributed by atoms with Crippen LogP contribution in [0.1, 0.15) is 6.42 Å². The van der Waals surface area contributed by atoms with Gasteiger partial charge in [-0.2, -0.15) is 0 Å². The summed E-state index contributed by atoms with van der Waals surface area (Å²) >= 11 is 16.9. The molecule has 0 aromatic heterocycles. The van der Waals surface area contributed by atoms with Gasteiger partial charge in [0.25, 0.3) is 0 Å². The molecule has 0 aromatic rings. The SMILES string of the molecule is Cl[C]1C=C(Cl)C=C(Cl)C1. The highest BCUT2D eigenvalue weighted by Gasteiger charge is 2.10. The molecule has 0 saturated heterocycles. The molecule has 0 aromatic carbocycles. The summed E-state index contributed by atoms with van der Waals surface area (Å²) < 4.78 is 0. The fraction of sp³-hybridized carbons (Fsp3) is 0.167. The van der Waals surface area contributed by atoms with E-state index in [-0.39, 0.29) is 0 Å². The maximum Gasteiger partial charge on any atom is 0.0922 e. The lowest BCUT2D eigenvalue weighted by molar-refractivity contribution is 1.18. The summed E-state index contributed by atoms with van der Waals surface area (Å²) in [5, 5.41) is 1.97. The highest BCUT2D eigenvalue weighted by atomic mass is 35.5. The molecule has 49 valence electrons. The van der Waals surface area contributed by atoms with Gasteiger partial charge in [0.2, 0.25) is 0 Å². The van der Waals surface area contributed by atoms with Gasteiger partial charge in [0, 0.05) is 16.5 Å². The fourth-order valence-electron chi connectivity index (χ4n) is 0.604. The van der Waals surface area contributed by atoms with Crippen molar-refractivity contribution in [3.8, 4) is 0 Å². The predicted molar refractivity (Wildman–Crippen MR) is 41.6 cm³/mol. The van der Waals surface area contributed by atoms with Gasteiger partial charge in [-0.25, -0.2) is 0 Å². The normalized spacial score (nSPS) is 21.2. The van der Waals surface area contributed by atoms with Crippen LogP contribution in [0.2, 0.25) is 0 Å². The Balaban J connectivity index is 2.74. The predicted octanol–water partition coefficient (Wildman–Crippen LogP) is 3.41. The number of hydrogen-bond donors (Lipinski definition) is 0. The number of rotatable bonds is 0. The summed E-state index contributed by atoms with van der Waals surface area (Å²) in [4.78, 5) is 0. The minimum absolute atomic E-state index is 0.594. The Kier molecular flexibility index (Phi) is 2.45. The Morgan fingerprint density at radius 1 is 1.11 bits per heavy atom. The lowest BCUT2D eigenvalue weighted by atomic mass is 10.2. The van der Waals surface area contributed by atoms with Gasteiger partial charge in [-0.15, -0.1) is 11.6 Å². The first kappa shape index (κ1) is 7.46. The molecule has 1 rings (SSSR count). The Labute approximate surface area is 69.1 Å². The zero-order valence-electron chi connectivity index (χ0n) is 4.50. The molecule has 0 atom stereocenters. The van der Waals surface area contributed by atoms with Crippen LogP contribution in [0, 0.1) is 5.38 Å². The van der Waals surface area contributed by atoms with Crippen molar-refractivity contribution >= 4 is 34.8 Å². The van der Waals surface area contributed by atoms with Crippen molar-refractivity contribution in [2.24, 2.45) is 0 Å². The molecule has 0 heterocycles. The van der Waals surface area contributed by atoms with Crippen LogP contribution in [0.25, 0.3) is 0 Å². The first-order valence-electron chi connectivity index (χ1n) is 2.43. The molecule has 1 aliphatic rings. The first-order chi connectivity index (χ1) is 4.18. The van der Waals surface area contributed by atoms with Gasteiger partial charge in [-0.3, -0.25) is 0 Å². The number of allylic oxidation sites excluding steroid dienone is 4. The molecule has 9 heavy (non-hydrogen) atoms. The lowest BCUT2D eigenvalue weighted by Gasteiger charge is -2.07. The van der Waals surface area contributed by atoms with Gasteiger partial charge in [0.15, 0.2) is 0 Å². The summed E-state index contributed by atoms with van der Waals surface area (Å²) in [5.41, 5.74) is 0. The molecular weight excluding hydrogens is 178 g/mol. The topological polar surface area (TPSA) is 0 Å². The van der Waals surface area contributed by atoms with Gasteiger partial charge in [-0.05, 0) is 12.2 Å². The van der Waals surface area contributed by atoms with Crippen LogP contribution >= 0.6 is 34.8 Å². The van der Waals surface area contributed by atoms with E-state index >= 15 is 0 Å². The van der Waals surface area contributed by atoms with Crippen LogP contribution in [0.15, 0.2) is 22.2 Å². The second-order valence-corrected chi connectivity index (χ2v) is 3.15. The van der Waals surface area contributed by atoms with Crippen LogP contribution in [-0.2, 0) is 0 Å². The molecule has 1 aliphatic carbocycles. The fourth-order valence-corrected chi connectivity index (χ4v) is 1.57. The maximum absolute atomic E-state index is 5.64. The minimum atomic E-state index is 0.594.